The van der Waals surface area contributed by atoms with Crippen molar-refractivity contribution in [2.24, 2.45) is 0 Å². The molecule has 4 aliphatic heterocycles. The largest absolute Gasteiger partial charge is 0.384 e. The SMILES string of the molecule is CC1(C)CCc2nc3c(F)cc(-c4nc(Cl)ncc4F)cc3n21.CCN1CCN(Cc2ccc(N)nc2)CC1.CCN1CCN(Cc2ccc(Nc3ncc(F)c(-c4cc(F)c5nc6n(c5c4)C(C)(C)CC6)n3)nc2)CC1. The molecule has 10 heterocycles. The van der Waals surface area contributed by atoms with E-state index in [0.717, 1.165) is 121 Å². The minimum absolute atomic E-state index is 0.0165. The van der Waals surface area contributed by atoms with Gasteiger partial charge >= 0.3 is 0 Å². The standard InChI is InChI=1S/C28H32F2N8.C16H13ClF2N4.C12H20N4/c1-4-36-9-11-37(12-10-36)17-18-5-6-23(31-15-18)33-27-32-16-21(30)25(35-27)19-13-20(29)26-22(14-19)38-24(34-26)7-8-28(38,2)3;1-16(2)4-3-12-21-14-9(18)5-8(6-11(14)23(12)16)13-10(19)7-20-15(17)22-13;1-2-15-5-7-16(8-6-15)10-11-3-4-12(13)14-9-11/h5-6,13-16H,4,7-12,17H2,1-3H3,(H,31,32,33,35);5-7H,3-4H2,1-2H3;3-4,9H,2,5-8,10H2,1H3,(H2,13,14). The number of anilines is 3. The highest BCUT2D eigenvalue weighted by atomic mass is 35.5. The summed E-state index contributed by atoms with van der Waals surface area (Å²) in [6.07, 6.45) is 9.24. The third-order valence-electron chi connectivity index (χ3n) is 15.3. The molecule has 8 aromatic rings. The Labute approximate surface area is 450 Å². The number of aromatic nitrogens is 10. The average molecular weight is 1070 g/mol. The number of hydrogen-bond acceptors (Lipinski definition) is 14. The molecule has 0 bridgehead atoms. The number of fused-ring (bicyclic) bond motifs is 6. The third kappa shape index (κ3) is 11.8. The zero-order valence-corrected chi connectivity index (χ0v) is 45.2. The molecule has 21 heteroatoms. The first-order valence-electron chi connectivity index (χ1n) is 26.4. The number of nitrogen functional groups attached to an aromatic ring is 1. The van der Waals surface area contributed by atoms with Gasteiger partial charge in [-0.15, -0.1) is 0 Å². The molecule has 0 unspecified atom stereocenters. The van der Waals surface area contributed by atoms with Crippen molar-refractivity contribution in [2.45, 2.75) is 91.4 Å². The molecular formula is C56H65ClF4N16. The summed E-state index contributed by atoms with van der Waals surface area (Å²) in [5.41, 5.74) is 10.2. The Bertz CT molecular complexity index is 3380. The van der Waals surface area contributed by atoms with E-state index in [1.807, 2.05) is 35.2 Å². The highest BCUT2D eigenvalue weighted by molar-refractivity contribution is 6.28. The molecule has 0 radical (unpaired) electrons. The molecule has 77 heavy (non-hydrogen) atoms. The van der Waals surface area contributed by atoms with Crippen LogP contribution in [0.4, 0.5) is 35.1 Å². The lowest BCUT2D eigenvalue weighted by atomic mass is 10.0. The number of halogens is 5. The van der Waals surface area contributed by atoms with Gasteiger partial charge in [-0.25, -0.2) is 57.4 Å². The monoisotopic (exact) mass is 1070 g/mol. The van der Waals surface area contributed by atoms with Gasteiger partial charge in [0.1, 0.15) is 45.7 Å². The Morgan fingerprint density at radius 3 is 1.48 bits per heavy atom. The predicted octanol–water partition coefficient (Wildman–Crippen LogP) is 9.64. The summed E-state index contributed by atoms with van der Waals surface area (Å²) >= 11 is 5.74. The van der Waals surface area contributed by atoms with Crippen LogP contribution in [0, 0.1) is 23.3 Å². The molecule has 0 saturated carbocycles. The molecule has 0 amide bonds. The zero-order chi connectivity index (χ0) is 54.2. The van der Waals surface area contributed by atoms with Crippen molar-refractivity contribution in [3.8, 4) is 22.5 Å². The fraction of sp³-hybridized carbons (Fsp3) is 0.429. The average Bonchev–Trinajstić information content (AvgIpc) is 4.32. The molecule has 2 aromatic carbocycles. The zero-order valence-electron chi connectivity index (χ0n) is 44.5. The minimum Gasteiger partial charge on any atom is -0.384 e. The van der Waals surface area contributed by atoms with E-state index in [4.69, 9.17) is 17.3 Å². The Morgan fingerprint density at radius 2 is 1.01 bits per heavy atom. The summed E-state index contributed by atoms with van der Waals surface area (Å²) in [6.45, 7) is 25.8. The van der Waals surface area contributed by atoms with Crippen molar-refractivity contribution in [2.75, 3.05) is 76.5 Å². The number of hydrogen-bond donors (Lipinski definition) is 2. The number of rotatable bonds is 10. The van der Waals surface area contributed by atoms with E-state index in [1.165, 1.54) is 30.8 Å². The van der Waals surface area contributed by atoms with Gasteiger partial charge in [0.15, 0.2) is 23.3 Å². The van der Waals surface area contributed by atoms with Crippen LogP contribution in [0.15, 0.2) is 73.3 Å². The first-order chi connectivity index (χ1) is 36.9. The van der Waals surface area contributed by atoms with Gasteiger partial charge in [0.2, 0.25) is 11.2 Å². The van der Waals surface area contributed by atoms with Crippen molar-refractivity contribution >= 4 is 51.3 Å². The second-order valence-electron chi connectivity index (χ2n) is 21.4. The number of aryl methyl sites for hydroxylation is 2. The summed E-state index contributed by atoms with van der Waals surface area (Å²) in [7, 11) is 0. The molecule has 12 rings (SSSR count). The maximum absolute atomic E-state index is 15.1. The molecule has 0 aliphatic carbocycles. The van der Waals surface area contributed by atoms with Gasteiger partial charge in [0, 0.05) is 113 Å². The number of nitrogens with one attached hydrogen (secondary N) is 1. The summed E-state index contributed by atoms with van der Waals surface area (Å²) in [5.74, 6) is 0.789. The van der Waals surface area contributed by atoms with E-state index in [-0.39, 0.29) is 33.7 Å². The van der Waals surface area contributed by atoms with Crippen LogP contribution >= 0.6 is 11.6 Å². The molecule has 2 fully saturated rings. The lowest BCUT2D eigenvalue weighted by Gasteiger charge is -2.33. The van der Waals surface area contributed by atoms with E-state index in [2.05, 4.69) is 117 Å². The number of likely N-dealkylation sites (N-methyl/N-ethyl adjacent to an activating group) is 2. The van der Waals surface area contributed by atoms with E-state index >= 15 is 4.39 Å². The topological polar surface area (TPSA) is 164 Å². The number of nitrogens with zero attached hydrogens (tertiary/aromatic N) is 14. The lowest BCUT2D eigenvalue weighted by molar-refractivity contribution is 0.132. The van der Waals surface area contributed by atoms with Crippen LogP contribution in [0.1, 0.15) is 77.2 Å². The molecule has 404 valence electrons. The maximum atomic E-state index is 15.1. The van der Waals surface area contributed by atoms with Gasteiger partial charge < -0.3 is 30.0 Å². The number of pyridine rings is 2. The third-order valence-corrected chi connectivity index (χ3v) is 15.4. The van der Waals surface area contributed by atoms with Crippen LogP contribution < -0.4 is 11.1 Å². The Balaban J connectivity index is 0.000000146. The van der Waals surface area contributed by atoms with E-state index in [9.17, 15) is 13.2 Å². The summed E-state index contributed by atoms with van der Waals surface area (Å²) < 4.78 is 62.6. The summed E-state index contributed by atoms with van der Waals surface area (Å²) in [4.78, 5) is 43.3. The lowest BCUT2D eigenvalue weighted by Crippen LogP contribution is -2.45. The van der Waals surface area contributed by atoms with Gasteiger partial charge in [-0.3, -0.25) is 9.80 Å². The van der Waals surface area contributed by atoms with Gasteiger partial charge in [-0.2, -0.15) is 0 Å². The van der Waals surface area contributed by atoms with Gasteiger partial charge in [0.05, 0.1) is 23.4 Å². The van der Waals surface area contributed by atoms with Crippen molar-refractivity contribution in [3.05, 3.63) is 125 Å². The van der Waals surface area contributed by atoms with E-state index < -0.39 is 23.3 Å². The highest BCUT2D eigenvalue weighted by Gasteiger charge is 2.35. The molecule has 0 spiro atoms. The molecular weight excluding hydrogens is 1010 g/mol. The second-order valence-corrected chi connectivity index (χ2v) is 21.8. The van der Waals surface area contributed by atoms with Crippen molar-refractivity contribution in [1.29, 1.82) is 0 Å². The fourth-order valence-electron chi connectivity index (χ4n) is 10.8. The molecule has 4 aliphatic rings. The van der Waals surface area contributed by atoms with Crippen molar-refractivity contribution < 1.29 is 17.6 Å². The van der Waals surface area contributed by atoms with Crippen LogP contribution in [0.5, 0.6) is 0 Å². The van der Waals surface area contributed by atoms with Gasteiger partial charge in [0.25, 0.3) is 0 Å². The molecule has 0 atom stereocenters. The predicted molar refractivity (Wildman–Crippen MR) is 293 cm³/mol. The van der Waals surface area contributed by atoms with Crippen molar-refractivity contribution in [3.63, 3.8) is 0 Å². The van der Waals surface area contributed by atoms with Crippen LogP contribution in [0.2, 0.25) is 5.28 Å². The number of imidazole rings is 2. The molecule has 16 nitrogen and oxygen atoms in total. The Hall–Kier alpha value is -6.71. The number of piperazine rings is 2. The van der Waals surface area contributed by atoms with Crippen LogP contribution in [0.25, 0.3) is 44.6 Å². The Morgan fingerprint density at radius 1 is 0.545 bits per heavy atom. The van der Waals surface area contributed by atoms with Crippen molar-refractivity contribution in [1.82, 2.24) is 68.6 Å². The fourth-order valence-corrected chi connectivity index (χ4v) is 11.0. The van der Waals surface area contributed by atoms with E-state index in [1.54, 1.807) is 12.1 Å². The van der Waals surface area contributed by atoms with Gasteiger partial charge in [-0.1, -0.05) is 26.0 Å². The van der Waals surface area contributed by atoms with Crippen LogP contribution in [-0.4, -0.2) is 134 Å². The van der Waals surface area contributed by atoms with Crippen LogP contribution in [0.3, 0.4) is 0 Å². The quantitative estimate of drug-likeness (QED) is 0.0983. The van der Waals surface area contributed by atoms with Gasteiger partial charge in [-0.05, 0) is 113 Å². The molecule has 3 N–H and O–H groups in total. The minimum atomic E-state index is -0.645. The first kappa shape index (κ1) is 53.7. The van der Waals surface area contributed by atoms with E-state index in [0.29, 0.717) is 44.8 Å². The molecule has 6 aromatic heterocycles. The first-order valence-corrected chi connectivity index (χ1v) is 26.8. The van der Waals surface area contributed by atoms with Crippen LogP contribution in [-0.2, 0) is 37.0 Å². The number of nitrogens with two attached hydrogens (primary N) is 1. The Kier molecular flexibility index (Phi) is 15.6. The maximum Gasteiger partial charge on any atom is 0.229 e. The highest BCUT2D eigenvalue weighted by Crippen LogP contribution is 2.40. The number of benzene rings is 2. The summed E-state index contributed by atoms with van der Waals surface area (Å²) in [6, 6.07) is 13.8. The summed E-state index contributed by atoms with van der Waals surface area (Å²) in [5, 5.41) is 2.97. The normalized spacial score (nSPS) is 17.4. The molecule has 2 saturated heterocycles. The smallest absolute Gasteiger partial charge is 0.229 e. The second kappa shape index (κ2) is 22.3.